The molecule has 8 nitrogen and oxygen atoms in total. The SMILES string of the molecule is CS(=O)(=O)N1CCN(C(=O)C2COCC(=O)N2Cc2cccs2)CC1. The molecular formula is C15H21N3O5S2. The Morgan fingerprint density at radius 1 is 1.32 bits per heavy atom. The molecule has 1 aromatic heterocycles. The highest BCUT2D eigenvalue weighted by Gasteiger charge is 2.38. The second-order valence-electron chi connectivity index (χ2n) is 6.12. The van der Waals surface area contributed by atoms with Crippen molar-refractivity contribution in [1.29, 1.82) is 0 Å². The van der Waals surface area contributed by atoms with Gasteiger partial charge >= 0.3 is 0 Å². The van der Waals surface area contributed by atoms with Gasteiger partial charge in [0.15, 0.2) is 0 Å². The maximum atomic E-state index is 12.9. The topological polar surface area (TPSA) is 87.2 Å². The molecule has 0 radical (unpaired) electrons. The van der Waals surface area contributed by atoms with Gasteiger partial charge < -0.3 is 14.5 Å². The fraction of sp³-hybridized carbons (Fsp3) is 0.600. The third-order valence-electron chi connectivity index (χ3n) is 4.41. The van der Waals surface area contributed by atoms with Crippen LogP contribution in [0.25, 0.3) is 0 Å². The second kappa shape index (κ2) is 7.40. The molecule has 0 saturated carbocycles. The first kappa shape index (κ1) is 18.3. The summed E-state index contributed by atoms with van der Waals surface area (Å²) in [7, 11) is -3.25. The minimum atomic E-state index is -3.25. The summed E-state index contributed by atoms with van der Waals surface area (Å²) in [6, 6.07) is 3.18. The molecule has 0 bridgehead atoms. The van der Waals surface area contributed by atoms with Gasteiger partial charge in [-0.05, 0) is 11.4 Å². The molecule has 0 N–H and O–H groups in total. The molecule has 2 aliphatic rings. The van der Waals surface area contributed by atoms with E-state index < -0.39 is 16.1 Å². The highest BCUT2D eigenvalue weighted by molar-refractivity contribution is 7.88. The summed E-state index contributed by atoms with van der Waals surface area (Å²) >= 11 is 1.54. The van der Waals surface area contributed by atoms with Gasteiger partial charge in [-0.15, -0.1) is 11.3 Å². The number of amides is 2. The summed E-state index contributed by atoms with van der Waals surface area (Å²) < 4.78 is 29.8. The molecule has 2 amide bonds. The zero-order valence-electron chi connectivity index (χ0n) is 14.0. The van der Waals surface area contributed by atoms with Gasteiger partial charge in [0.1, 0.15) is 12.6 Å². The summed E-state index contributed by atoms with van der Waals surface area (Å²) in [6.07, 6.45) is 1.17. The minimum Gasteiger partial charge on any atom is -0.369 e. The van der Waals surface area contributed by atoms with Crippen LogP contribution in [0.15, 0.2) is 17.5 Å². The number of ether oxygens (including phenoxy) is 1. The van der Waals surface area contributed by atoms with Crippen molar-refractivity contribution in [2.75, 3.05) is 45.6 Å². The van der Waals surface area contributed by atoms with E-state index in [1.54, 1.807) is 9.80 Å². The highest BCUT2D eigenvalue weighted by Crippen LogP contribution is 2.19. The van der Waals surface area contributed by atoms with Gasteiger partial charge in [-0.3, -0.25) is 9.59 Å². The van der Waals surface area contributed by atoms with Crippen LogP contribution in [0.1, 0.15) is 4.88 Å². The van der Waals surface area contributed by atoms with Crippen LogP contribution < -0.4 is 0 Å². The van der Waals surface area contributed by atoms with Crippen molar-refractivity contribution in [2.45, 2.75) is 12.6 Å². The monoisotopic (exact) mass is 387 g/mol. The van der Waals surface area contributed by atoms with E-state index >= 15 is 0 Å². The molecular weight excluding hydrogens is 366 g/mol. The molecule has 1 aromatic rings. The predicted molar refractivity (Wildman–Crippen MR) is 92.5 cm³/mol. The molecule has 0 aromatic carbocycles. The van der Waals surface area contributed by atoms with Crippen molar-refractivity contribution >= 4 is 33.2 Å². The van der Waals surface area contributed by atoms with Crippen LogP contribution in [0.4, 0.5) is 0 Å². The van der Waals surface area contributed by atoms with Crippen LogP contribution >= 0.6 is 11.3 Å². The number of thiophene rings is 1. The lowest BCUT2D eigenvalue weighted by molar-refractivity contribution is -0.160. The number of carbonyl (C=O) groups excluding carboxylic acids is 2. The summed E-state index contributed by atoms with van der Waals surface area (Å²) in [6.45, 7) is 1.74. The van der Waals surface area contributed by atoms with E-state index in [9.17, 15) is 18.0 Å². The van der Waals surface area contributed by atoms with E-state index in [-0.39, 0.29) is 38.1 Å². The summed E-state index contributed by atoms with van der Waals surface area (Å²) in [5.41, 5.74) is 0. The van der Waals surface area contributed by atoms with Crippen LogP contribution in [0.5, 0.6) is 0 Å². The molecule has 2 fully saturated rings. The summed E-state index contributed by atoms with van der Waals surface area (Å²) in [5, 5.41) is 1.93. The maximum absolute atomic E-state index is 12.9. The zero-order chi connectivity index (χ0) is 18.0. The Bertz CT molecular complexity index is 726. The van der Waals surface area contributed by atoms with E-state index in [1.807, 2.05) is 17.5 Å². The molecule has 10 heteroatoms. The maximum Gasteiger partial charge on any atom is 0.249 e. The van der Waals surface area contributed by atoms with Gasteiger partial charge in [0.2, 0.25) is 21.8 Å². The zero-order valence-corrected chi connectivity index (χ0v) is 15.6. The largest absolute Gasteiger partial charge is 0.369 e. The summed E-state index contributed by atoms with van der Waals surface area (Å²) in [5.74, 6) is -0.384. The van der Waals surface area contributed by atoms with Gasteiger partial charge in [0.25, 0.3) is 0 Å². The van der Waals surface area contributed by atoms with E-state index in [2.05, 4.69) is 0 Å². The Hall–Kier alpha value is -1.49. The molecule has 2 aliphatic heterocycles. The van der Waals surface area contributed by atoms with E-state index in [4.69, 9.17) is 4.74 Å². The lowest BCUT2D eigenvalue weighted by atomic mass is 10.1. The van der Waals surface area contributed by atoms with Gasteiger partial charge in [0.05, 0.1) is 19.4 Å². The van der Waals surface area contributed by atoms with Gasteiger partial charge in [-0.1, -0.05) is 6.07 Å². The fourth-order valence-electron chi connectivity index (χ4n) is 3.03. The second-order valence-corrected chi connectivity index (χ2v) is 9.13. The first-order valence-corrected chi connectivity index (χ1v) is 10.7. The van der Waals surface area contributed by atoms with Crippen molar-refractivity contribution in [3.05, 3.63) is 22.4 Å². The molecule has 3 rings (SSSR count). The standard InChI is InChI=1S/C15H21N3O5S2/c1-25(21,22)17-6-4-16(5-7-17)15(20)13-10-23-11-14(19)18(13)9-12-3-2-8-24-12/h2-3,8,13H,4-7,9-11H2,1H3. The molecule has 3 heterocycles. The lowest BCUT2D eigenvalue weighted by Gasteiger charge is -2.39. The van der Waals surface area contributed by atoms with Crippen molar-refractivity contribution in [2.24, 2.45) is 0 Å². The first-order valence-electron chi connectivity index (χ1n) is 8.00. The number of morpholine rings is 1. The van der Waals surface area contributed by atoms with Crippen molar-refractivity contribution in [1.82, 2.24) is 14.1 Å². The number of hydrogen-bond donors (Lipinski definition) is 0. The lowest BCUT2D eigenvalue weighted by Crippen LogP contribution is -2.59. The molecule has 2 saturated heterocycles. The molecule has 138 valence electrons. The smallest absolute Gasteiger partial charge is 0.249 e. The number of sulfonamides is 1. The number of rotatable bonds is 4. The Balaban J connectivity index is 1.68. The van der Waals surface area contributed by atoms with Crippen molar-refractivity contribution in [3.8, 4) is 0 Å². The quantitative estimate of drug-likeness (QED) is 0.700. The van der Waals surface area contributed by atoms with E-state index in [0.29, 0.717) is 19.6 Å². The molecule has 0 spiro atoms. The fourth-order valence-corrected chi connectivity index (χ4v) is 4.56. The van der Waals surface area contributed by atoms with Gasteiger partial charge in [-0.2, -0.15) is 4.31 Å². The van der Waals surface area contributed by atoms with E-state index in [1.165, 1.54) is 21.9 Å². The first-order chi connectivity index (χ1) is 11.9. The minimum absolute atomic E-state index is 0.0169. The Kier molecular flexibility index (Phi) is 5.42. The predicted octanol–water partition coefficient (Wildman–Crippen LogP) is -0.421. The number of carbonyl (C=O) groups is 2. The Labute approximate surface area is 151 Å². The number of nitrogens with zero attached hydrogens (tertiary/aromatic N) is 3. The van der Waals surface area contributed by atoms with Gasteiger partial charge in [-0.25, -0.2) is 8.42 Å². The molecule has 25 heavy (non-hydrogen) atoms. The summed E-state index contributed by atoms with van der Waals surface area (Å²) in [4.78, 5) is 29.3. The third kappa shape index (κ3) is 4.20. The third-order valence-corrected chi connectivity index (χ3v) is 6.57. The number of hydrogen-bond acceptors (Lipinski definition) is 6. The molecule has 1 unspecified atom stereocenters. The van der Waals surface area contributed by atoms with Crippen molar-refractivity contribution < 1.29 is 22.7 Å². The molecule has 0 aliphatic carbocycles. The Morgan fingerprint density at radius 2 is 2.04 bits per heavy atom. The van der Waals surface area contributed by atoms with E-state index in [0.717, 1.165) is 4.88 Å². The number of piperazine rings is 1. The highest BCUT2D eigenvalue weighted by atomic mass is 32.2. The van der Waals surface area contributed by atoms with Crippen LogP contribution in [-0.4, -0.2) is 86.0 Å². The Morgan fingerprint density at radius 3 is 2.64 bits per heavy atom. The van der Waals surface area contributed by atoms with Gasteiger partial charge in [0, 0.05) is 31.1 Å². The molecule has 1 atom stereocenters. The van der Waals surface area contributed by atoms with Crippen LogP contribution in [0.3, 0.4) is 0 Å². The average Bonchev–Trinajstić information content (AvgIpc) is 3.08. The van der Waals surface area contributed by atoms with Crippen LogP contribution in [-0.2, 0) is 30.9 Å². The van der Waals surface area contributed by atoms with Crippen LogP contribution in [0.2, 0.25) is 0 Å². The average molecular weight is 387 g/mol. The van der Waals surface area contributed by atoms with Crippen LogP contribution in [0, 0.1) is 0 Å². The normalized spacial score (nSPS) is 23.1. The van der Waals surface area contributed by atoms with Crippen molar-refractivity contribution in [3.63, 3.8) is 0 Å².